The van der Waals surface area contributed by atoms with E-state index in [0.29, 0.717) is 37.6 Å². The summed E-state index contributed by atoms with van der Waals surface area (Å²) in [6, 6.07) is 14.2. The summed E-state index contributed by atoms with van der Waals surface area (Å²) in [4.78, 5) is 23.8. The van der Waals surface area contributed by atoms with Crippen LogP contribution >= 0.6 is 0 Å². The highest BCUT2D eigenvalue weighted by Crippen LogP contribution is 2.15. The van der Waals surface area contributed by atoms with Crippen LogP contribution in [-0.4, -0.2) is 44.7 Å². The van der Waals surface area contributed by atoms with Crippen molar-refractivity contribution < 1.29 is 19.1 Å². The van der Waals surface area contributed by atoms with Gasteiger partial charge in [0.1, 0.15) is 12.4 Å². The zero-order valence-corrected chi connectivity index (χ0v) is 16.3. The summed E-state index contributed by atoms with van der Waals surface area (Å²) in [6.45, 7) is 6.24. The predicted molar refractivity (Wildman–Crippen MR) is 110 cm³/mol. The van der Waals surface area contributed by atoms with Gasteiger partial charge in [-0.15, -0.1) is 0 Å². The van der Waals surface area contributed by atoms with Crippen molar-refractivity contribution in [2.75, 3.05) is 43.5 Å². The molecular formula is C21H27N3O4. The molecule has 2 amide bonds. The Labute approximate surface area is 165 Å². The lowest BCUT2D eigenvalue weighted by Gasteiger charge is -2.10. The highest BCUT2D eigenvalue weighted by molar-refractivity contribution is 5.96. The molecule has 28 heavy (non-hydrogen) atoms. The fourth-order valence-electron chi connectivity index (χ4n) is 2.39. The van der Waals surface area contributed by atoms with Crippen LogP contribution in [0.3, 0.4) is 0 Å². The molecule has 0 aliphatic rings. The molecule has 0 fully saturated rings. The van der Waals surface area contributed by atoms with Crippen LogP contribution < -0.4 is 20.7 Å². The third kappa shape index (κ3) is 7.28. The van der Waals surface area contributed by atoms with Crippen molar-refractivity contribution in [3.8, 4) is 5.75 Å². The molecule has 2 aromatic rings. The molecule has 0 saturated heterocycles. The smallest absolute Gasteiger partial charge is 0.251 e. The number of rotatable bonds is 11. The molecule has 0 unspecified atom stereocenters. The van der Waals surface area contributed by atoms with Crippen LogP contribution in [0.1, 0.15) is 24.2 Å². The first-order valence-corrected chi connectivity index (χ1v) is 9.35. The van der Waals surface area contributed by atoms with Gasteiger partial charge in [-0.1, -0.05) is 0 Å². The third-order valence-corrected chi connectivity index (χ3v) is 3.78. The van der Waals surface area contributed by atoms with E-state index in [1.807, 2.05) is 38.1 Å². The molecule has 0 atom stereocenters. The first-order valence-electron chi connectivity index (χ1n) is 9.35. The number of carbonyl (C=O) groups excluding carboxylic acids is 2. The third-order valence-electron chi connectivity index (χ3n) is 3.78. The summed E-state index contributed by atoms with van der Waals surface area (Å²) in [7, 11) is 0. The number of carbonyl (C=O) groups is 2. The molecule has 0 bridgehead atoms. The van der Waals surface area contributed by atoms with Gasteiger partial charge in [-0.05, 0) is 62.4 Å². The van der Waals surface area contributed by atoms with Gasteiger partial charge >= 0.3 is 0 Å². The quantitative estimate of drug-likeness (QED) is 0.518. The highest BCUT2D eigenvalue weighted by Gasteiger charge is 2.06. The Bertz CT molecular complexity index is 745. The minimum atomic E-state index is -0.178. The number of nitrogens with one attached hydrogen (secondary N) is 3. The van der Waals surface area contributed by atoms with Crippen LogP contribution in [0.15, 0.2) is 48.5 Å². The maximum atomic E-state index is 12.1. The molecule has 7 nitrogen and oxygen atoms in total. The molecule has 0 aliphatic carbocycles. The van der Waals surface area contributed by atoms with E-state index >= 15 is 0 Å². The van der Waals surface area contributed by atoms with Crippen LogP contribution in [0.2, 0.25) is 0 Å². The van der Waals surface area contributed by atoms with E-state index in [4.69, 9.17) is 9.47 Å². The monoisotopic (exact) mass is 385 g/mol. The first-order chi connectivity index (χ1) is 13.6. The molecule has 0 aliphatic heterocycles. The highest BCUT2D eigenvalue weighted by atomic mass is 16.5. The van der Waals surface area contributed by atoms with Gasteiger partial charge in [-0.25, -0.2) is 0 Å². The van der Waals surface area contributed by atoms with Crippen LogP contribution in [0.4, 0.5) is 11.4 Å². The Morgan fingerprint density at radius 3 is 2.21 bits per heavy atom. The standard InChI is InChI=1S/C21H27N3O4/c1-3-22-21(26)16-5-7-18(8-6-16)24-20(25)15-23-17-9-11-19(12-10-17)28-14-13-27-4-2/h5-12,23H,3-4,13-15H2,1-2H3,(H,22,26)(H,24,25). The minimum absolute atomic E-state index is 0.128. The molecule has 0 heterocycles. The Kier molecular flexibility index (Phi) is 8.81. The van der Waals surface area contributed by atoms with Crippen LogP contribution in [0.5, 0.6) is 5.75 Å². The normalized spacial score (nSPS) is 10.2. The fraction of sp³-hybridized carbons (Fsp3) is 0.333. The van der Waals surface area contributed by atoms with Crippen molar-refractivity contribution >= 4 is 23.2 Å². The first kappa shape index (κ1) is 21.2. The second kappa shape index (κ2) is 11.6. The molecular weight excluding hydrogens is 358 g/mol. The van der Waals surface area contributed by atoms with Gasteiger partial charge in [0, 0.05) is 30.1 Å². The Balaban J connectivity index is 1.75. The molecule has 0 saturated carbocycles. The lowest BCUT2D eigenvalue weighted by molar-refractivity contribution is -0.114. The summed E-state index contributed by atoms with van der Waals surface area (Å²) in [5.74, 6) is 0.442. The molecule has 150 valence electrons. The molecule has 7 heteroatoms. The second-order valence-corrected chi connectivity index (χ2v) is 5.91. The van der Waals surface area contributed by atoms with Crippen molar-refractivity contribution in [3.63, 3.8) is 0 Å². The van der Waals surface area contributed by atoms with E-state index in [1.54, 1.807) is 24.3 Å². The van der Waals surface area contributed by atoms with Crippen molar-refractivity contribution in [1.29, 1.82) is 0 Å². The van der Waals surface area contributed by atoms with Gasteiger partial charge < -0.3 is 25.4 Å². The lowest BCUT2D eigenvalue weighted by Crippen LogP contribution is -2.23. The van der Waals surface area contributed by atoms with Gasteiger partial charge in [-0.2, -0.15) is 0 Å². The zero-order valence-electron chi connectivity index (χ0n) is 16.3. The number of hydrogen-bond acceptors (Lipinski definition) is 5. The summed E-state index contributed by atoms with van der Waals surface area (Å²) < 4.78 is 10.8. The number of ether oxygens (including phenoxy) is 2. The molecule has 0 radical (unpaired) electrons. The average Bonchev–Trinajstić information content (AvgIpc) is 2.71. The minimum Gasteiger partial charge on any atom is -0.491 e. The van der Waals surface area contributed by atoms with Crippen molar-refractivity contribution in [3.05, 3.63) is 54.1 Å². The number of amides is 2. The Morgan fingerprint density at radius 1 is 0.893 bits per heavy atom. The Hall–Kier alpha value is -3.06. The van der Waals surface area contributed by atoms with E-state index < -0.39 is 0 Å². The fourth-order valence-corrected chi connectivity index (χ4v) is 2.39. The van der Waals surface area contributed by atoms with Gasteiger partial charge in [0.05, 0.1) is 13.2 Å². The van der Waals surface area contributed by atoms with E-state index in [2.05, 4.69) is 16.0 Å². The SMILES string of the molecule is CCNC(=O)c1ccc(NC(=O)CNc2ccc(OCCOCC)cc2)cc1. The molecule has 2 rings (SSSR count). The van der Waals surface area contributed by atoms with Gasteiger partial charge in [0.2, 0.25) is 5.91 Å². The van der Waals surface area contributed by atoms with Crippen molar-refractivity contribution in [2.45, 2.75) is 13.8 Å². The summed E-state index contributed by atoms with van der Waals surface area (Å²) in [6.07, 6.45) is 0. The number of benzene rings is 2. The average molecular weight is 385 g/mol. The van der Waals surface area contributed by atoms with Crippen LogP contribution in [0.25, 0.3) is 0 Å². The molecule has 0 spiro atoms. The van der Waals surface area contributed by atoms with Gasteiger partial charge in [0.15, 0.2) is 0 Å². The van der Waals surface area contributed by atoms with Crippen molar-refractivity contribution in [1.82, 2.24) is 5.32 Å². The maximum absolute atomic E-state index is 12.1. The zero-order chi connectivity index (χ0) is 20.2. The maximum Gasteiger partial charge on any atom is 0.251 e. The largest absolute Gasteiger partial charge is 0.491 e. The van der Waals surface area contributed by atoms with Crippen LogP contribution in [-0.2, 0) is 9.53 Å². The van der Waals surface area contributed by atoms with Gasteiger partial charge in [-0.3, -0.25) is 9.59 Å². The van der Waals surface area contributed by atoms with Gasteiger partial charge in [0.25, 0.3) is 5.91 Å². The van der Waals surface area contributed by atoms with E-state index in [9.17, 15) is 9.59 Å². The summed E-state index contributed by atoms with van der Waals surface area (Å²) in [5, 5.41) is 8.58. The molecule has 2 aromatic carbocycles. The van der Waals surface area contributed by atoms with Crippen LogP contribution in [0, 0.1) is 0 Å². The Morgan fingerprint density at radius 2 is 1.57 bits per heavy atom. The summed E-state index contributed by atoms with van der Waals surface area (Å²) >= 11 is 0. The summed E-state index contributed by atoms with van der Waals surface area (Å²) in [5.41, 5.74) is 2.01. The number of hydrogen-bond donors (Lipinski definition) is 3. The second-order valence-electron chi connectivity index (χ2n) is 5.91. The lowest BCUT2D eigenvalue weighted by atomic mass is 10.2. The molecule has 3 N–H and O–H groups in total. The topological polar surface area (TPSA) is 88.7 Å². The van der Waals surface area contributed by atoms with E-state index in [-0.39, 0.29) is 18.4 Å². The van der Waals surface area contributed by atoms with E-state index in [1.165, 1.54) is 0 Å². The predicted octanol–water partition coefficient (Wildman–Crippen LogP) is 2.90. The number of anilines is 2. The van der Waals surface area contributed by atoms with Crippen molar-refractivity contribution in [2.24, 2.45) is 0 Å². The van der Waals surface area contributed by atoms with E-state index in [0.717, 1.165) is 11.4 Å². The molecule has 0 aromatic heterocycles.